The number of hydrogen-bond donors (Lipinski definition) is 2. The van der Waals surface area contributed by atoms with Gasteiger partial charge in [0.1, 0.15) is 5.76 Å². The molecule has 2 aromatic carbocycles. The predicted molar refractivity (Wildman–Crippen MR) is 128 cm³/mol. The Kier molecular flexibility index (Phi) is 6.47. The highest BCUT2D eigenvalue weighted by Gasteiger charge is 2.28. The Hall–Kier alpha value is -3.98. The number of anilines is 1. The SMILES string of the molecule is Cc1ccc(Cl)cc1NC(=O)c1oc2c(c1C)/C(=N/NC(=O)c1cccc([N+](=O)[O-])c1)CCC2. The highest BCUT2D eigenvalue weighted by atomic mass is 35.5. The minimum absolute atomic E-state index is 0.121. The van der Waals surface area contributed by atoms with Crippen LogP contribution in [0.1, 0.15) is 56.2 Å². The maximum atomic E-state index is 12.9. The van der Waals surface area contributed by atoms with Gasteiger partial charge in [-0.15, -0.1) is 0 Å². The molecule has 174 valence electrons. The lowest BCUT2D eigenvalue weighted by Crippen LogP contribution is -2.22. The number of non-ortho nitro benzene ring substituents is 1. The molecule has 34 heavy (non-hydrogen) atoms. The van der Waals surface area contributed by atoms with E-state index in [1.165, 1.54) is 24.3 Å². The number of nitro groups is 1. The summed E-state index contributed by atoms with van der Waals surface area (Å²) < 4.78 is 5.89. The smallest absolute Gasteiger partial charge is 0.291 e. The van der Waals surface area contributed by atoms with E-state index in [0.717, 1.165) is 12.0 Å². The van der Waals surface area contributed by atoms with Gasteiger partial charge in [0.25, 0.3) is 17.5 Å². The lowest BCUT2D eigenvalue weighted by atomic mass is 9.93. The van der Waals surface area contributed by atoms with E-state index in [4.69, 9.17) is 16.0 Å². The van der Waals surface area contributed by atoms with Crippen molar-refractivity contribution in [2.75, 3.05) is 5.32 Å². The fourth-order valence-corrected chi connectivity index (χ4v) is 4.02. The number of rotatable bonds is 5. The third-order valence-electron chi connectivity index (χ3n) is 5.59. The normalized spacial score (nSPS) is 13.9. The van der Waals surface area contributed by atoms with Crippen LogP contribution in [0.2, 0.25) is 5.02 Å². The molecule has 2 N–H and O–H groups in total. The molecule has 4 rings (SSSR count). The van der Waals surface area contributed by atoms with Gasteiger partial charge >= 0.3 is 0 Å². The van der Waals surface area contributed by atoms with E-state index in [2.05, 4.69) is 15.8 Å². The zero-order valence-corrected chi connectivity index (χ0v) is 19.2. The molecule has 0 unspecified atom stereocenters. The maximum Gasteiger partial charge on any atom is 0.291 e. The van der Waals surface area contributed by atoms with Crippen LogP contribution in [0.3, 0.4) is 0 Å². The first-order chi connectivity index (χ1) is 16.2. The average Bonchev–Trinajstić information content (AvgIpc) is 3.17. The molecule has 3 aromatic rings. The molecule has 0 aliphatic heterocycles. The first-order valence-corrected chi connectivity index (χ1v) is 10.9. The van der Waals surface area contributed by atoms with Crippen molar-refractivity contribution in [1.82, 2.24) is 5.43 Å². The number of hydrogen-bond acceptors (Lipinski definition) is 6. The number of amides is 2. The Morgan fingerprint density at radius 1 is 1.12 bits per heavy atom. The lowest BCUT2D eigenvalue weighted by molar-refractivity contribution is -0.384. The highest BCUT2D eigenvalue weighted by molar-refractivity contribution is 6.31. The zero-order chi connectivity index (χ0) is 24.4. The fraction of sp³-hybridized carbons (Fsp3) is 0.208. The van der Waals surface area contributed by atoms with E-state index in [-0.39, 0.29) is 17.0 Å². The number of nitro benzene ring substituents is 1. The molecule has 9 nitrogen and oxygen atoms in total. The minimum atomic E-state index is -0.570. The number of nitrogens with one attached hydrogen (secondary N) is 2. The van der Waals surface area contributed by atoms with Gasteiger partial charge < -0.3 is 9.73 Å². The second-order valence-electron chi connectivity index (χ2n) is 7.93. The summed E-state index contributed by atoms with van der Waals surface area (Å²) in [5, 5.41) is 18.6. The highest BCUT2D eigenvalue weighted by Crippen LogP contribution is 2.31. The summed E-state index contributed by atoms with van der Waals surface area (Å²) >= 11 is 6.05. The van der Waals surface area contributed by atoms with Crippen molar-refractivity contribution in [2.45, 2.75) is 33.1 Å². The number of furan rings is 1. The Morgan fingerprint density at radius 3 is 2.68 bits per heavy atom. The van der Waals surface area contributed by atoms with Gasteiger partial charge in [-0.2, -0.15) is 5.10 Å². The zero-order valence-electron chi connectivity index (χ0n) is 18.5. The van der Waals surface area contributed by atoms with Crippen LogP contribution >= 0.6 is 11.6 Å². The number of halogens is 1. The number of hydrazone groups is 1. The van der Waals surface area contributed by atoms with E-state index >= 15 is 0 Å². The minimum Gasteiger partial charge on any atom is -0.455 e. The Balaban J connectivity index is 1.57. The molecule has 1 aliphatic carbocycles. The average molecular weight is 481 g/mol. The van der Waals surface area contributed by atoms with Crippen LogP contribution < -0.4 is 10.7 Å². The van der Waals surface area contributed by atoms with Crippen molar-refractivity contribution in [3.63, 3.8) is 0 Å². The van der Waals surface area contributed by atoms with Gasteiger partial charge in [-0.25, -0.2) is 5.43 Å². The van der Waals surface area contributed by atoms with Crippen molar-refractivity contribution in [2.24, 2.45) is 5.10 Å². The molecule has 1 aliphatic rings. The summed E-state index contributed by atoms with van der Waals surface area (Å²) in [5.74, 6) is -0.180. The van der Waals surface area contributed by atoms with Gasteiger partial charge in [0.05, 0.1) is 10.6 Å². The maximum absolute atomic E-state index is 12.9. The van der Waals surface area contributed by atoms with Crippen LogP contribution in [0, 0.1) is 24.0 Å². The summed E-state index contributed by atoms with van der Waals surface area (Å²) in [4.78, 5) is 35.8. The molecular formula is C24H21ClN4O5. The van der Waals surface area contributed by atoms with Crippen molar-refractivity contribution in [1.29, 1.82) is 0 Å². The summed E-state index contributed by atoms with van der Waals surface area (Å²) in [6.07, 6.45) is 1.95. The van der Waals surface area contributed by atoms with Crippen LogP contribution in [-0.4, -0.2) is 22.4 Å². The lowest BCUT2D eigenvalue weighted by Gasteiger charge is -2.13. The summed E-state index contributed by atoms with van der Waals surface area (Å²) in [6.45, 7) is 3.63. The molecule has 0 atom stereocenters. The van der Waals surface area contributed by atoms with E-state index in [9.17, 15) is 19.7 Å². The largest absolute Gasteiger partial charge is 0.455 e. The molecule has 0 saturated carbocycles. The molecule has 0 bridgehead atoms. The topological polar surface area (TPSA) is 127 Å². The number of benzene rings is 2. The molecule has 0 radical (unpaired) electrons. The van der Waals surface area contributed by atoms with Gasteiger partial charge in [-0.05, 0) is 50.5 Å². The fourth-order valence-electron chi connectivity index (χ4n) is 3.85. The van der Waals surface area contributed by atoms with Crippen molar-refractivity contribution in [3.05, 3.63) is 91.4 Å². The second kappa shape index (κ2) is 9.48. The van der Waals surface area contributed by atoms with E-state index in [1.54, 1.807) is 19.1 Å². The first kappa shape index (κ1) is 23.2. The number of carbonyl (C=O) groups is 2. The van der Waals surface area contributed by atoms with E-state index < -0.39 is 16.7 Å². The Morgan fingerprint density at radius 2 is 1.91 bits per heavy atom. The predicted octanol–water partition coefficient (Wildman–Crippen LogP) is 5.18. The number of carbonyl (C=O) groups excluding carboxylic acids is 2. The molecule has 1 aromatic heterocycles. The van der Waals surface area contributed by atoms with Gasteiger partial charge in [0.15, 0.2) is 5.76 Å². The molecule has 0 fully saturated rings. The van der Waals surface area contributed by atoms with Crippen molar-refractivity contribution >= 4 is 40.5 Å². The van der Waals surface area contributed by atoms with E-state index in [1.807, 2.05) is 13.0 Å². The molecule has 10 heteroatoms. The van der Waals surface area contributed by atoms with Gasteiger partial charge in [0, 0.05) is 46.0 Å². The summed E-state index contributed by atoms with van der Waals surface area (Å²) in [7, 11) is 0. The van der Waals surface area contributed by atoms with Crippen molar-refractivity contribution in [3.8, 4) is 0 Å². The first-order valence-electron chi connectivity index (χ1n) is 10.6. The van der Waals surface area contributed by atoms with Crippen molar-refractivity contribution < 1.29 is 18.9 Å². The van der Waals surface area contributed by atoms with Crippen LogP contribution in [0.5, 0.6) is 0 Å². The molecule has 0 spiro atoms. The molecule has 1 heterocycles. The molecular weight excluding hydrogens is 460 g/mol. The van der Waals surface area contributed by atoms with Crippen LogP contribution in [0.25, 0.3) is 0 Å². The quantitative estimate of drug-likeness (QED) is 0.384. The van der Waals surface area contributed by atoms with Crippen LogP contribution in [0.4, 0.5) is 11.4 Å². The van der Waals surface area contributed by atoms with E-state index in [0.29, 0.717) is 46.2 Å². The molecule has 2 amide bonds. The Bertz CT molecular complexity index is 1350. The second-order valence-corrected chi connectivity index (χ2v) is 8.36. The third-order valence-corrected chi connectivity index (χ3v) is 5.83. The standard InChI is InChI=1S/C24H21ClN4O5/c1-13-9-10-16(25)12-19(13)26-24(31)22-14(2)21-18(7-4-8-20(21)34-22)27-28-23(30)15-5-3-6-17(11-15)29(32)33/h3,5-6,9-12H,4,7-8H2,1-2H3,(H,26,31)(H,28,30)/b27-18+. The van der Waals surface area contributed by atoms with Gasteiger partial charge in [-0.1, -0.05) is 23.7 Å². The summed E-state index contributed by atoms with van der Waals surface area (Å²) in [6, 6.07) is 10.6. The van der Waals surface area contributed by atoms with Crippen LogP contribution in [0.15, 0.2) is 52.0 Å². The number of fused-ring (bicyclic) bond motifs is 1. The van der Waals surface area contributed by atoms with Gasteiger partial charge in [-0.3, -0.25) is 19.7 Å². The number of aryl methyl sites for hydroxylation is 2. The Labute approximate surface area is 199 Å². The monoisotopic (exact) mass is 480 g/mol. The third kappa shape index (κ3) is 4.69. The molecule has 0 saturated heterocycles. The number of nitrogens with zero attached hydrogens (tertiary/aromatic N) is 2. The van der Waals surface area contributed by atoms with Gasteiger partial charge in [0.2, 0.25) is 0 Å². The summed E-state index contributed by atoms with van der Waals surface area (Å²) in [5.41, 5.74) is 5.74. The van der Waals surface area contributed by atoms with Crippen LogP contribution in [-0.2, 0) is 6.42 Å².